The number of carbonyl (C=O) groups is 1. The lowest BCUT2D eigenvalue weighted by Gasteiger charge is -2.08. The van der Waals surface area contributed by atoms with Crippen molar-refractivity contribution in [1.29, 1.82) is 0 Å². The van der Waals surface area contributed by atoms with E-state index in [4.69, 9.17) is 14.6 Å². The fraction of sp³-hybridized carbons (Fsp3) is 0.154. The molecule has 0 saturated heterocycles. The maximum Gasteiger partial charge on any atom is 0.346 e. The predicted molar refractivity (Wildman–Crippen MR) is 68.6 cm³/mol. The minimum Gasteiger partial charge on any atom is -0.496 e. The van der Waals surface area contributed by atoms with Crippen molar-refractivity contribution in [3.8, 4) is 11.5 Å². The van der Waals surface area contributed by atoms with Gasteiger partial charge in [0.15, 0.2) is 0 Å². The van der Waals surface area contributed by atoms with Crippen LogP contribution in [0, 0.1) is 0 Å². The van der Waals surface area contributed by atoms with Crippen molar-refractivity contribution in [3.05, 3.63) is 46.2 Å². The highest BCUT2D eigenvalue weighted by atomic mass is 32.1. The summed E-state index contributed by atoms with van der Waals surface area (Å²) in [6.07, 6.45) is 0. The molecule has 1 aromatic heterocycles. The Kier molecular flexibility index (Phi) is 3.84. The Labute approximate surface area is 108 Å². The molecule has 0 aliphatic carbocycles. The van der Waals surface area contributed by atoms with Crippen LogP contribution in [-0.2, 0) is 6.61 Å². The fourth-order valence-corrected chi connectivity index (χ4v) is 2.15. The van der Waals surface area contributed by atoms with Gasteiger partial charge in [-0.15, -0.1) is 11.3 Å². The van der Waals surface area contributed by atoms with E-state index in [0.29, 0.717) is 12.4 Å². The van der Waals surface area contributed by atoms with E-state index in [9.17, 15) is 4.79 Å². The van der Waals surface area contributed by atoms with E-state index in [1.807, 2.05) is 24.3 Å². The largest absolute Gasteiger partial charge is 0.496 e. The summed E-state index contributed by atoms with van der Waals surface area (Å²) >= 11 is 1.15. The number of rotatable bonds is 5. The van der Waals surface area contributed by atoms with Gasteiger partial charge in [0.25, 0.3) is 0 Å². The Balaban J connectivity index is 2.04. The molecule has 0 fully saturated rings. The lowest BCUT2D eigenvalue weighted by atomic mass is 10.2. The molecule has 2 rings (SSSR count). The van der Waals surface area contributed by atoms with Crippen molar-refractivity contribution in [1.82, 2.24) is 0 Å². The van der Waals surface area contributed by atoms with Gasteiger partial charge in [0.05, 0.1) is 7.11 Å². The molecule has 5 heteroatoms. The summed E-state index contributed by atoms with van der Waals surface area (Å²) in [5.74, 6) is 0.377. The number of ether oxygens (including phenoxy) is 2. The third-order valence-corrected chi connectivity index (χ3v) is 3.27. The van der Waals surface area contributed by atoms with Crippen molar-refractivity contribution in [2.45, 2.75) is 6.61 Å². The smallest absolute Gasteiger partial charge is 0.346 e. The van der Waals surface area contributed by atoms with E-state index < -0.39 is 5.97 Å². The molecule has 0 radical (unpaired) electrons. The Hall–Kier alpha value is -2.01. The average Bonchev–Trinajstić information content (AvgIpc) is 2.85. The topological polar surface area (TPSA) is 55.8 Å². The van der Waals surface area contributed by atoms with Gasteiger partial charge in [0.2, 0.25) is 0 Å². The molecule has 0 aliphatic heterocycles. The van der Waals surface area contributed by atoms with Gasteiger partial charge in [0.1, 0.15) is 23.0 Å². The minimum absolute atomic E-state index is 0.269. The highest BCUT2D eigenvalue weighted by molar-refractivity contribution is 7.12. The zero-order chi connectivity index (χ0) is 13.0. The molecule has 1 N–H and O–H groups in total. The Bertz CT molecular complexity index is 547. The SMILES string of the molecule is COc1ccccc1COc1csc(C(=O)O)c1. The Morgan fingerprint density at radius 3 is 2.83 bits per heavy atom. The van der Waals surface area contributed by atoms with Crippen LogP contribution in [-0.4, -0.2) is 18.2 Å². The van der Waals surface area contributed by atoms with Gasteiger partial charge in [-0.2, -0.15) is 0 Å². The monoisotopic (exact) mass is 264 g/mol. The summed E-state index contributed by atoms with van der Waals surface area (Å²) in [5, 5.41) is 10.5. The molecule has 1 heterocycles. The highest BCUT2D eigenvalue weighted by Gasteiger charge is 2.08. The predicted octanol–water partition coefficient (Wildman–Crippen LogP) is 3.03. The van der Waals surface area contributed by atoms with Gasteiger partial charge in [-0.05, 0) is 6.07 Å². The first-order valence-corrected chi connectivity index (χ1v) is 6.15. The van der Waals surface area contributed by atoms with Crippen LogP contribution in [0.25, 0.3) is 0 Å². The van der Waals surface area contributed by atoms with Crippen molar-refractivity contribution < 1.29 is 19.4 Å². The van der Waals surface area contributed by atoms with Crippen LogP contribution >= 0.6 is 11.3 Å². The van der Waals surface area contributed by atoms with Crippen LogP contribution in [0.2, 0.25) is 0 Å². The molecule has 1 aromatic carbocycles. The molecule has 0 spiro atoms. The fourth-order valence-electron chi connectivity index (χ4n) is 1.49. The molecule has 0 amide bonds. The van der Waals surface area contributed by atoms with Crippen LogP contribution in [0.4, 0.5) is 0 Å². The summed E-state index contributed by atoms with van der Waals surface area (Å²) in [4.78, 5) is 11.0. The van der Waals surface area contributed by atoms with Crippen molar-refractivity contribution >= 4 is 17.3 Å². The molecule has 4 nitrogen and oxygen atoms in total. The van der Waals surface area contributed by atoms with Gasteiger partial charge in [-0.25, -0.2) is 4.79 Å². The maximum absolute atomic E-state index is 10.7. The molecule has 0 saturated carbocycles. The second-order valence-corrected chi connectivity index (χ2v) is 4.46. The van der Waals surface area contributed by atoms with E-state index in [2.05, 4.69) is 0 Å². The van der Waals surface area contributed by atoms with Gasteiger partial charge in [-0.3, -0.25) is 0 Å². The van der Waals surface area contributed by atoms with E-state index in [1.165, 1.54) is 6.07 Å². The number of para-hydroxylation sites is 1. The molecule has 2 aromatic rings. The normalized spacial score (nSPS) is 10.1. The standard InChI is InChI=1S/C13H12O4S/c1-16-11-5-3-2-4-9(11)7-17-10-6-12(13(14)15)18-8-10/h2-6,8H,7H2,1H3,(H,14,15). The lowest BCUT2D eigenvalue weighted by Crippen LogP contribution is -1.98. The molecule has 0 unspecified atom stereocenters. The second kappa shape index (κ2) is 5.55. The van der Waals surface area contributed by atoms with E-state index in [-0.39, 0.29) is 4.88 Å². The van der Waals surface area contributed by atoms with Gasteiger partial charge in [-0.1, -0.05) is 18.2 Å². The van der Waals surface area contributed by atoms with E-state index in [1.54, 1.807) is 12.5 Å². The van der Waals surface area contributed by atoms with E-state index in [0.717, 1.165) is 22.6 Å². The highest BCUT2D eigenvalue weighted by Crippen LogP contribution is 2.24. The maximum atomic E-state index is 10.7. The summed E-state index contributed by atoms with van der Waals surface area (Å²) in [6, 6.07) is 9.06. The zero-order valence-electron chi connectivity index (χ0n) is 9.75. The molecule has 94 valence electrons. The zero-order valence-corrected chi connectivity index (χ0v) is 10.6. The first-order valence-electron chi connectivity index (χ1n) is 5.27. The Morgan fingerprint density at radius 1 is 1.39 bits per heavy atom. The van der Waals surface area contributed by atoms with Crippen LogP contribution in [0.1, 0.15) is 15.2 Å². The van der Waals surface area contributed by atoms with Crippen LogP contribution in [0.15, 0.2) is 35.7 Å². The summed E-state index contributed by atoms with van der Waals surface area (Å²) in [7, 11) is 1.60. The molecule has 0 atom stereocenters. The first-order chi connectivity index (χ1) is 8.70. The molecule has 18 heavy (non-hydrogen) atoms. The average molecular weight is 264 g/mol. The quantitative estimate of drug-likeness (QED) is 0.901. The van der Waals surface area contributed by atoms with Crippen molar-refractivity contribution in [2.75, 3.05) is 7.11 Å². The van der Waals surface area contributed by atoms with Gasteiger partial charge in [0, 0.05) is 17.0 Å². The van der Waals surface area contributed by atoms with Gasteiger partial charge < -0.3 is 14.6 Å². The van der Waals surface area contributed by atoms with E-state index >= 15 is 0 Å². The van der Waals surface area contributed by atoms with Crippen LogP contribution in [0.3, 0.4) is 0 Å². The number of thiophene rings is 1. The molecular formula is C13H12O4S. The Morgan fingerprint density at radius 2 is 2.17 bits per heavy atom. The third kappa shape index (κ3) is 2.81. The number of carboxylic acid groups (broad SMARTS) is 1. The third-order valence-electron chi connectivity index (χ3n) is 2.37. The van der Waals surface area contributed by atoms with Crippen LogP contribution in [0.5, 0.6) is 11.5 Å². The number of hydrogen-bond donors (Lipinski definition) is 1. The minimum atomic E-state index is -0.938. The second-order valence-electron chi connectivity index (χ2n) is 3.55. The summed E-state index contributed by atoms with van der Waals surface area (Å²) in [6.45, 7) is 0.347. The molecular weight excluding hydrogens is 252 g/mol. The lowest BCUT2D eigenvalue weighted by molar-refractivity contribution is 0.0702. The number of methoxy groups -OCH3 is 1. The van der Waals surface area contributed by atoms with Gasteiger partial charge >= 0.3 is 5.97 Å². The molecule has 0 bridgehead atoms. The summed E-state index contributed by atoms with van der Waals surface area (Å²) in [5.41, 5.74) is 0.920. The number of aromatic carboxylic acids is 1. The number of benzene rings is 1. The number of hydrogen-bond acceptors (Lipinski definition) is 4. The molecule has 0 aliphatic rings. The van der Waals surface area contributed by atoms with Crippen molar-refractivity contribution in [3.63, 3.8) is 0 Å². The van der Waals surface area contributed by atoms with Crippen molar-refractivity contribution in [2.24, 2.45) is 0 Å². The number of carboxylic acids is 1. The van der Waals surface area contributed by atoms with Crippen LogP contribution < -0.4 is 9.47 Å². The first kappa shape index (κ1) is 12.4. The summed E-state index contributed by atoms with van der Waals surface area (Å²) < 4.78 is 10.7.